The van der Waals surface area contributed by atoms with Crippen LogP contribution in [-0.2, 0) is 9.59 Å². The first kappa shape index (κ1) is 14.9. The lowest BCUT2D eigenvalue weighted by Crippen LogP contribution is -2.43. The number of carboxylic acid groups (broad SMARTS) is 1. The van der Waals surface area contributed by atoms with E-state index in [1.807, 2.05) is 0 Å². The van der Waals surface area contributed by atoms with Crippen molar-refractivity contribution in [3.8, 4) is 0 Å². The van der Waals surface area contributed by atoms with Crippen molar-refractivity contribution >= 4 is 11.9 Å². The zero-order chi connectivity index (χ0) is 14.4. The molecule has 1 aromatic carbocycles. The van der Waals surface area contributed by atoms with Gasteiger partial charge in [-0.05, 0) is 18.9 Å². The monoisotopic (exact) mass is 263 g/mol. The zero-order valence-electron chi connectivity index (χ0n) is 10.7. The van der Waals surface area contributed by atoms with E-state index in [9.17, 15) is 14.7 Å². The first-order valence-corrected chi connectivity index (χ1v) is 5.82. The van der Waals surface area contributed by atoms with Crippen LogP contribution in [0.4, 0.5) is 0 Å². The number of carboxylic acids is 1. The van der Waals surface area contributed by atoms with Gasteiger partial charge in [0.05, 0.1) is 0 Å². The third-order valence-corrected chi connectivity index (χ3v) is 2.53. The second-order valence-electron chi connectivity index (χ2n) is 4.37. The van der Waals surface area contributed by atoms with Crippen molar-refractivity contribution in [2.75, 3.05) is 0 Å². The van der Waals surface area contributed by atoms with Crippen molar-refractivity contribution in [3.05, 3.63) is 48.0 Å². The minimum Gasteiger partial charge on any atom is -0.480 e. The first-order chi connectivity index (χ1) is 8.91. The maximum absolute atomic E-state index is 11.8. The van der Waals surface area contributed by atoms with Crippen molar-refractivity contribution < 1.29 is 19.8 Å². The molecule has 0 aromatic heterocycles. The fraction of sp³-hybridized carbons (Fsp3) is 0.286. The molecule has 1 amide bonds. The normalized spacial score (nSPS) is 13.4. The molecular weight excluding hydrogens is 246 g/mol. The van der Waals surface area contributed by atoms with Gasteiger partial charge >= 0.3 is 5.97 Å². The van der Waals surface area contributed by atoms with Gasteiger partial charge in [-0.2, -0.15) is 0 Å². The van der Waals surface area contributed by atoms with Crippen LogP contribution in [0.3, 0.4) is 0 Å². The van der Waals surface area contributed by atoms with Gasteiger partial charge in [0.2, 0.25) is 0 Å². The highest BCUT2D eigenvalue weighted by atomic mass is 16.4. The summed E-state index contributed by atoms with van der Waals surface area (Å²) in [6.07, 6.45) is -1.25. The van der Waals surface area contributed by atoms with Gasteiger partial charge < -0.3 is 15.5 Å². The number of hydrogen-bond donors (Lipinski definition) is 3. The molecule has 0 unspecified atom stereocenters. The fourth-order valence-electron chi connectivity index (χ4n) is 1.59. The molecule has 1 rings (SSSR count). The van der Waals surface area contributed by atoms with E-state index < -0.39 is 24.0 Å². The van der Waals surface area contributed by atoms with E-state index in [0.29, 0.717) is 11.1 Å². The number of carbonyl (C=O) groups excluding carboxylic acids is 1. The Morgan fingerprint density at radius 1 is 1.32 bits per heavy atom. The molecule has 0 bridgehead atoms. The summed E-state index contributed by atoms with van der Waals surface area (Å²) in [6, 6.07) is 7.25. The number of rotatable bonds is 6. The van der Waals surface area contributed by atoms with Crippen LogP contribution in [0.25, 0.3) is 0 Å². The standard InChI is InChI=1S/C14H17NO4/c1-9(2)8-11(14(18)19)15-13(17)12(16)10-6-4-3-5-7-10/h3-7,11-12,16H,1,8H2,2H3,(H,15,17)(H,18,19)/t11-,12-/m0/s1. The number of benzene rings is 1. The molecule has 0 saturated carbocycles. The summed E-state index contributed by atoms with van der Waals surface area (Å²) in [4.78, 5) is 22.8. The van der Waals surface area contributed by atoms with Crippen LogP contribution in [0.2, 0.25) is 0 Å². The Balaban J connectivity index is 2.72. The van der Waals surface area contributed by atoms with Gasteiger partial charge in [0.1, 0.15) is 6.04 Å². The predicted molar refractivity (Wildman–Crippen MR) is 70.4 cm³/mol. The predicted octanol–water partition coefficient (Wildman–Crippen LogP) is 1.26. The summed E-state index contributed by atoms with van der Waals surface area (Å²) in [5.74, 6) is -1.89. The second kappa shape index (κ2) is 6.70. The summed E-state index contributed by atoms with van der Waals surface area (Å²) < 4.78 is 0. The molecule has 0 spiro atoms. The SMILES string of the molecule is C=C(C)C[C@H](NC(=O)[C@@H](O)c1ccccc1)C(=O)O. The number of amides is 1. The molecule has 0 saturated heterocycles. The van der Waals surface area contributed by atoms with E-state index in [1.165, 1.54) is 0 Å². The number of aliphatic carboxylic acids is 1. The van der Waals surface area contributed by atoms with Gasteiger partial charge in [0.25, 0.3) is 5.91 Å². The smallest absolute Gasteiger partial charge is 0.326 e. The first-order valence-electron chi connectivity index (χ1n) is 5.82. The Bertz CT molecular complexity index is 470. The lowest BCUT2D eigenvalue weighted by molar-refractivity contribution is -0.143. The Morgan fingerprint density at radius 3 is 2.37 bits per heavy atom. The van der Waals surface area contributed by atoms with Crippen molar-refractivity contribution in [1.82, 2.24) is 5.32 Å². The highest BCUT2D eigenvalue weighted by Crippen LogP contribution is 2.13. The van der Waals surface area contributed by atoms with Gasteiger partial charge in [-0.1, -0.05) is 35.9 Å². The van der Waals surface area contributed by atoms with Crippen LogP contribution in [0.5, 0.6) is 0 Å². The molecule has 5 heteroatoms. The van der Waals surface area contributed by atoms with Crippen molar-refractivity contribution in [2.45, 2.75) is 25.5 Å². The molecule has 102 valence electrons. The average Bonchev–Trinajstić information content (AvgIpc) is 2.37. The van der Waals surface area contributed by atoms with Crippen LogP contribution >= 0.6 is 0 Å². The summed E-state index contributed by atoms with van der Waals surface area (Å²) in [6.45, 7) is 5.29. The van der Waals surface area contributed by atoms with Gasteiger partial charge in [-0.15, -0.1) is 6.58 Å². The number of aliphatic hydroxyl groups is 1. The Hall–Kier alpha value is -2.14. The molecule has 0 radical (unpaired) electrons. The average molecular weight is 263 g/mol. The molecule has 0 fully saturated rings. The van der Waals surface area contributed by atoms with Gasteiger partial charge in [-0.3, -0.25) is 4.79 Å². The summed E-state index contributed by atoms with van der Waals surface area (Å²) in [5, 5.41) is 21.1. The lowest BCUT2D eigenvalue weighted by atomic mass is 10.1. The van der Waals surface area contributed by atoms with Crippen molar-refractivity contribution in [1.29, 1.82) is 0 Å². The Kier molecular flexibility index (Phi) is 5.26. The van der Waals surface area contributed by atoms with Crippen molar-refractivity contribution in [3.63, 3.8) is 0 Å². The highest BCUT2D eigenvalue weighted by Gasteiger charge is 2.24. The van der Waals surface area contributed by atoms with E-state index in [1.54, 1.807) is 37.3 Å². The number of hydrogen-bond acceptors (Lipinski definition) is 3. The quantitative estimate of drug-likeness (QED) is 0.674. The van der Waals surface area contributed by atoms with E-state index in [-0.39, 0.29) is 6.42 Å². The second-order valence-corrected chi connectivity index (χ2v) is 4.37. The van der Waals surface area contributed by atoms with Gasteiger partial charge in [0.15, 0.2) is 6.10 Å². The van der Waals surface area contributed by atoms with Crippen LogP contribution in [-0.4, -0.2) is 28.1 Å². The number of aliphatic hydroxyl groups excluding tert-OH is 1. The molecule has 3 N–H and O–H groups in total. The van der Waals surface area contributed by atoms with E-state index in [0.717, 1.165) is 0 Å². The molecule has 5 nitrogen and oxygen atoms in total. The van der Waals surface area contributed by atoms with E-state index in [4.69, 9.17) is 5.11 Å². The topological polar surface area (TPSA) is 86.6 Å². The minimum atomic E-state index is -1.38. The number of nitrogens with one attached hydrogen (secondary N) is 1. The molecule has 19 heavy (non-hydrogen) atoms. The molecular formula is C14H17NO4. The third kappa shape index (κ3) is 4.56. The van der Waals surface area contributed by atoms with Crippen molar-refractivity contribution in [2.24, 2.45) is 0 Å². The van der Waals surface area contributed by atoms with E-state index >= 15 is 0 Å². The number of carbonyl (C=O) groups is 2. The van der Waals surface area contributed by atoms with Crippen LogP contribution in [0.15, 0.2) is 42.5 Å². The maximum Gasteiger partial charge on any atom is 0.326 e. The molecule has 2 atom stereocenters. The summed E-state index contributed by atoms with van der Waals surface area (Å²) in [5.41, 5.74) is 1.06. The minimum absolute atomic E-state index is 0.128. The third-order valence-electron chi connectivity index (χ3n) is 2.53. The molecule has 0 aliphatic rings. The largest absolute Gasteiger partial charge is 0.480 e. The van der Waals surface area contributed by atoms with Gasteiger partial charge in [0, 0.05) is 0 Å². The Morgan fingerprint density at radius 2 is 1.89 bits per heavy atom. The fourth-order valence-corrected chi connectivity index (χ4v) is 1.59. The van der Waals surface area contributed by atoms with Gasteiger partial charge in [-0.25, -0.2) is 4.79 Å². The lowest BCUT2D eigenvalue weighted by Gasteiger charge is -2.17. The molecule has 1 aromatic rings. The van der Waals surface area contributed by atoms with Crippen LogP contribution in [0.1, 0.15) is 25.0 Å². The Labute approximate surface area is 111 Å². The highest BCUT2D eigenvalue weighted by molar-refractivity contribution is 5.87. The van der Waals surface area contributed by atoms with Crippen LogP contribution < -0.4 is 5.32 Å². The van der Waals surface area contributed by atoms with Crippen LogP contribution in [0, 0.1) is 0 Å². The summed E-state index contributed by atoms with van der Waals surface area (Å²) in [7, 11) is 0. The molecule has 0 aliphatic carbocycles. The molecule has 0 heterocycles. The maximum atomic E-state index is 11.8. The summed E-state index contributed by atoms with van der Waals surface area (Å²) >= 11 is 0. The molecule has 0 aliphatic heterocycles. The zero-order valence-corrected chi connectivity index (χ0v) is 10.7. The van der Waals surface area contributed by atoms with E-state index in [2.05, 4.69) is 11.9 Å².